The minimum atomic E-state index is 0.256. The Bertz CT molecular complexity index is 732. The molecule has 0 radical (unpaired) electrons. The number of thioether (sulfide) groups is 1. The molecular formula is C18H18N2S. The molecule has 0 aliphatic carbocycles. The fourth-order valence-electron chi connectivity index (χ4n) is 2.44. The number of benzene rings is 2. The van der Waals surface area contributed by atoms with Crippen LogP contribution >= 0.6 is 11.8 Å². The summed E-state index contributed by atoms with van der Waals surface area (Å²) >= 11 is 1.77. The van der Waals surface area contributed by atoms with E-state index in [9.17, 15) is 0 Å². The van der Waals surface area contributed by atoms with Crippen LogP contribution in [0.2, 0.25) is 0 Å². The number of aromatic nitrogens is 1. The predicted octanol–water partition coefficient (Wildman–Crippen LogP) is 5.13. The molecule has 1 heterocycles. The molecule has 0 spiro atoms. The monoisotopic (exact) mass is 294 g/mol. The molecule has 106 valence electrons. The van der Waals surface area contributed by atoms with Crippen LogP contribution in [-0.2, 0) is 0 Å². The largest absolute Gasteiger partial charge is 0.378 e. The van der Waals surface area contributed by atoms with Crippen LogP contribution in [0.5, 0.6) is 0 Å². The Morgan fingerprint density at radius 2 is 1.81 bits per heavy atom. The number of anilines is 1. The Labute approximate surface area is 129 Å². The third kappa shape index (κ3) is 3.03. The minimum Gasteiger partial charge on any atom is -0.378 e. The van der Waals surface area contributed by atoms with Gasteiger partial charge in [0.1, 0.15) is 0 Å². The number of nitrogens with zero attached hydrogens (tertiary/aromatic N) is 1. The maximum atomic E-state index is 4.40. The van der Waals surface area contributed by atoms with E-state index >= 15 is 0 Å². The van der Waals surface area contributed by atoms with Gasteiger partial charge < -0.3 is 5.32 Å². The van der Waals surface area contributed by atoms with Crippen molar-refractivity contribution in [1.82, 2.24) is 4.98 Å². The summed E-state index contributed by atoms with van der Waals surface area (Å²) in [7, 11) is 0. The molecule has 0 saturated heterocycles. The third-order valence-electron chi connectivity index (χ3n) is 3.63. The van der Waals surface area contributed by atoms with Crippen LogP contribution < -0.4 is 5.32 Å². The lowest BCUT2D eigenvalue weighted by atomic mass is 10.1. The summed E-state index contributed by atoms with van der Waals surface area (Å²) in [5.41, 5.74) is 3.43. The molecule has 1 atom stereocenters. The van der Waals surface area contributed by atoms with Crippen molar-refractivity contribution < 1.29 is 0 Å². The first-order chi connectivity index (χ1) is 10.3. The molecule has 0 aliphatic heterocycles. The number of rotatable bonds is 4. The fourth-order valence-corrected chi connectivity index (χ4v) is 2.85. The van der Waals surface area contributed by atoms with E-state index in [1.807, 2.05) is 24.4 Å². The molecule has 1 aromatic heterocycles. The molecular weight excluding hydrogens is 276 g/mol. The molecule has 1 N–H and O–H groups in total. The molecule has 0 aliphatic rings. The van der Waals surface area contributed by atoms with Crippen LogP contribution in [0.1, 0.15) is 18.5 Å². The lowest BCUT2D eigenvalue weighted by Crippen LogP contribution is -2.06. The van der Waals surface area contributed by atoms with Crippen molar-refractivity contribution in [3.05, 3.63) is 66.4 Å². The van der Waals surface area contributed by atoms with Gasteiger partial charge in [0.15, 0.2) is 0 Å². The predicted molar refractivity (Wildman–Crippen MR) is 92.0 cm³/mol. The lowest BCUT2D eigenvalue weighted by molar-refractivity contribution is 0.885. The van der Waals surface area contributed by atoms with E-state index in [0.29, 0.717) is 0 Å². The molecule has 3 heteroatoms. The van der Waals surface area contributed by atoms with E-state index in [1.54, 1.807) is 11.8 Å². The zero-order valence-corrected chi connectivity index (χ0v) is 13.0. The second-order valence-electron chi connectivity index (χ2n) is 5.01. The summed E-state index contributed by atoms with van der Waals surface area (Å²) in [6, 6.07) is 19.2. The first-order valence-corrected chi connectivity index (χ1v) is 8.24. The van der Waals surface area contributed by atoms with E-state index in [2.05, 4.69) is 59.9 Å². The van der Waals surface area contributed by atoms with Gasteiger partial charge >= 0.3 is 0 Å². The molecule has 21 heavy (non-hydrogen) atoms. The van der Waals surface area contributed by atoms with Gasteiger partial charge in [-0.05, 0) is 55.1 Å². The number of nitrogens with one attached hydrogen (secondary N) is 1. The van der Waals surface area contributed by atoms with Gasteiger partial charge in [-0.25, -0.2) is 0 Å². The van der Waals surface area contributed by atoms with Gasteiger partial charge in [-0.2, -0.15) is 0 Å². The maximum Gasteiger partial charge on any atom is 0.0722 e. The summed E-state index contributed by atoms with van der Waals surface area (Å²) in [6.45, 7) is 2.18. The number of pyridine rings is 1. The third-order valence-corrected chi connectivity index (χ3v) is 4.38. The highest BCUT2D eigenvalue weighted by atomic mass is 32.2. The molecule has 0 bridgehead atoms. The Hall–Kier alpha value is -2.00. The highest BCUT2D eigenvalue weighted by Gasteiger charge is 2.07. The van der Waals surface area contributed by atoms with Crippen molar-refractivity contribution in [3.63, 3.8) is 0 Å². The van der Waals surface area contributed by atoms with Gasteiger partial charge in [0, 0.05) is 28.2 Å². The average Bonchev–Trinajstić information content (AvgIpc) is 2.55. The Morgan fingerprint density at radius 1 is 1.00 bits per heavy atom. The normalized spacial score (nSPS) is 12.3. The van der Waals surface area contributed by atoms with Crippen LogP contribution in [-0.4, -0.2) is 11.2 Å². The van der Waals surface area contributed by atoms with Crippen LogP contribution in [0.3, 0.4) is 0 Å². The number of hydrogen-bond donors (Lipinski definition) is 1. The molecule has 0 fully saturated rings. The Morgan fingerprint density at radius 3 is 2.57 bits per heavy atom. The van der Waals surface area contributed by atoms with Crippen LogP contribution in [0.25, 0.3) is 10.9 Å². The van der Waals surface area contributed by atoms with Crippen molar-refractivity contribution in [2.45, 2.75) is 17.9 Å². The van der Waals surface area contributed by atoms with Gasteiger partial charge in [-0.1, -0.05) is 18.2 Å². The van der Waals surface area contributed by atoms with Crippen LogP contribution in [0.15, 0.2) is 65.7 Å². The van der Waals surface area contributed by atoms with Crippen molar-refractivity contribution in [2.75, 3.05) is 11.6 Å². The first kappa shape index (κ1) is 14.0. The molecule has 0 saturated carbocycles. The van der Waals surface area contributed by atoms with Crippen LogP contribution in [0, 0.1) is 0 Å². The first-order valence-electron chi connectivity index (χ1n) is 7.02. The SMILES string of the molecule is CSc1ccc(C(C)Nc2cccc3ncccc23)cc1. The maximum absolute atomic E-state index is 4.40. The lowest BCUT2D eigenvalue weighted by Gasteiger charge is -2.17. The second-order valence-corrected chi connectivity index (χ2v) is 5.89. The second kappa shape index (κ2) is 6.19. The van der Waals surface area contributed by atoms with E-state index in [0.717, 1.165) is 16.6 Å². The average molecular weight is 294 g/mol. The summed E-state index contributed by atoms with van der Waals surface area (Å²) in [5.74, 6) is 0. The Kier molecular flexibility index (Phi) is 4.11. The van der Waals surface area contributed by atoms with Crippen LogP contribution in [0.4, 0.5) is 5.69 Å². The molecule has 2 nitrogen and oxygen atoms in total. The highest BCUT2D eigenvalue weighted by Crippen LogP contribution is 2.26. The molecule has 1 unspecified atom stereocenters. The van der Waals surface area contributed by atoms with E-state index in [4.69, 9.17) is 0 Å². The van der Waals surface area contributed by atoms with Gasteiger partial charge in [-0.15, -0.1) is 11.8 Å². The standard InChI is InChI=1S/C18H18N2S/c1-13(14-8-10-15(21-2)11-9-14)20-18-7-3-6-17-16(18)5-4-12-19-17/h3-13,20H,1-2H3. The number of fused-ring (bicyclic) bond motifs is 1. The van der Waals surface area contributed by atoms with Gasteiger partial charge in [0.2, 0.25) is 0 Å². The minimum absolute atomic E-state index is 0.256. The quantitative estimate of drug-likeness (QED) is 0.675. The van der Waals surface area contributed by atoms with Crippen molar-refractivity contribution in [1.29, 1.82) is 0 Å². The summed E-state index contributed by atoms with van der Waals surface area (Å²) in [5, 5.41) is 4.75. The summed E-state index contributed by atoms with van der Waals surface area (Å²) in [6.07, 6.45) is 3.93. The van der Waals surface area contributed by atoms with Gasteiger partial charge in [0.05, 0.1) is 5.52 Å². The van der Waals surface area contributed by atoms with Crippen molar-refractivity contribution in [3.8, 4) is 0 Å². The van der Waals surface area contributed by atoms with Gasteiger partial charge in [-0.3, -0.25) is 4.98 Å². The van der Waals surface area contributed by atoms with E-state index in [1.165, 1.54) is 10.5 Å². The number of hydrogen-bond acceptors (Lipinski definition) is 3. The topological polar surface area (TPSA) is 24.9 Å². The van der Waals surface area contributed by atoms with E-state index in [-0.39, 0.29) is 6.04 Å². The molecule has 3 aromatic rings. The molecule has 3 rings (SSSR count). The van der Waals surface area contributed by atoms with E-state index < -0.39 is 0 Å². The van der Waals surface area contributed by atoms with Crippen molar-refractivity contribution >= 4 is 28.4 Å². The zero-order chi connectivity index (χ0) is 14.7. The van der Waals surface area contributed by atoms with Crippen molar-refractivity contribution in [2.24, 2.45) is 0 Å². The summed E-state index contributed by atoms with van der Waals surface area (Å²) < 4.78 is 0. The van der Waals surface area contributed by atoms with Gasteiger partial charge in [0.25, 0.3) is 0 Å². The Balaban J connectivity index is 1.87. The molecule has 2 aromatic carbocycles. The summed E-state index contributed by atoms with van der Waals surface area (Å²) in [4.78, 5) is 5.69. The smallest absolute Gasteiger partial charge is 0.0722 e. The zero-order valence-electron chi connectivity index (χ0n) is 12.2. The fraction of sp³-hybridized carbons (Fsp3) is 0.167. The highest BCUT2D eigenvalue weighted by molar-refractivity contribution is 7.98. The molecule has 0 amide bonds.